The fraction of sp³-hybridized carbons (Fsp3) is 0.0667. The maximum absolute atomic E-state index is 13.2. The number of hydrogen-bond donors (Lipinski definition) is 0. The molecule has 1 unspecified atom stereocenters. The monoisotopic (exact) mass is 309 g/mol. The Morgan fingerprint density at radius 1 is 1.14 bits per heavy atom. The second-order valence-corrected chi connectivity index (χ2v) is 4.61. The van der Waals surface area contributed by atoms with E-state index in [0.29, 0.717) is 12.1 Å². The molecule has 0 spiro atoms. The highest BCUT2D eigenvalue weighted by atomic mass is 35.5. The third kappa shape index (κ3) is 2.91. The zero-order valence-electron chi connectivity index (χ0n) is 10.4. The molecule has 106 valence electrons. The highest BCUT2D eigenvalue weighted by Gasteiger charge is 2.25. The van der Waals surface area contributed by atoms with Gasteiger partial charge in [0.1, 0.15) is 5.92 Å². The number of nitriles is 1. The van der Waals surface area contributed by atoms with E-state index in [4.69, 9.17) is 16.9 Å². The summed E-state index contributed by atoms with van der Waals surface area (Å²) in [5.41, 5.74) is -0.213. The molecule has 0 saturated carbocycles. The minimum absolute atomic E-state index is 0.181. The van der Waals surface area contributed by atoms with Crippen molar-refractivity contribution in [3.8, 4) is 6.07 Å². The average molecular weight is 310 g/mol. The second-order valence-electron chi connectivity index (χ2n) is 4.20. The first-order valence-corrected chi connectivity index (χ1v) is 6.16. The Bertz CT molecular complexity index is 732. The Morgan fingerprint density at radius 3 is 2.24 bits per heavy atom. The Hall–Kier alpha value is -2.32. The molecule has 2 nitrogen and oxygen atoms in total. The van der Waals surface area contributed by atoms with E-state index in [1.54, 1.807) is 18.2 Å². The zero-order valence-corrected chi connectivity index (χ0v) is 11.2. The van der Waals surface area contributed by atoms with Gasteiger partial charge in [0.05, 0.1) is 6.07 Å². The molecule has 0 saturated heterocycles. The fourth-order valence-electron chi connectivity index (χ4n) is 1.84. The molecule has 2 rings (SSSR count). The van der Waals surface area contributed by atoms with Crippen LogP contribution in [0.15, 0.2) is 36.4 Å². The molecule has 0 radical (unpaired) electrons. The van der Waals surface area contributed by atoms with Crippen LogP contribution in [-0.2, 0) is 0 Å². The number of Topliss-reactive ketones (excluding diaryl/α,β-unsaturated/α-hetero) is 1. The van der Waals surface area contributed by atoms with Crippen molar-refractivity contribution >= 4 is 17.4 Å². The summed E-state index contributed by atoms with van der Waals surface area (Å²) in [4.78, 5) is 12.2. The van der Waals surface area contributed by atoms with E-state index in [1.807, 2.05) is 0 Å². The Balaban J connectivity index is 2.48. The lowest BCUT2D eigenvalue weighted by atomic mass is 9.91. The van der Waals surface area contributed by atoms with Gasteiger partial charge >= 0.3 is 0 Å². The van der Waals surface area contributed by atoms with Crippen LogP contribution in [0.25, 0.3) is 0 Å². The summed E-state index contributed by atoms with van der Waals surface area (Å²) in [5.74, 6) is -6.84. The van der Waals surface area contributed by atoms with Crippen LogP contribution in [0.3, 0.4) is 0 Å². The summed E-state index contributed by atoms with van der Waals surface area (Å²) in [6.07, 6.45) is 0. The van der Waals surface area contributed by atoms with Crippen molar-refractivity contribution < 1.29 is 18.0 Å². The SMILES string of the molecule is N#CC(C(=O)c1cc(F)c(F)c(F)c1)c1ccccc1Cl. The van der Waals surface area contributed by atoms with Crippen molar-refractivity contribution in [1.29, 1.82) is 5.26 Å². The van der Waals surface area contributed by atoms with Crippen LogP contribution in [-0.4, -0.2) is 5.78 Å². The van der Waals surface area contributed by atoms with Gasteiger partial charge in [-0.3, -0.25) is 4.79 Å². The van der Waals surface area contributed by atoms with Crippen LogP contribution in [0.1, 0.15) is 21.8 Å². The quantitative estimate of drug-likeness (QED) is 0.628. The summed E-state index contributed by atoms with van der Waals surface area (Å²) < 4.78 is 39.2. The zero-order chi connectivity index (χ0) is 15.6. The van der Waals surface area contributed by atoms with Gasteiger partial charge in [-0.2, -0.15) is 5.26 Å². The predicted octanol–water partition coefficient (Wildman–Crippen LogP) is 4.25. The average Bonchev–Trinajstić information content (AvgIpc) is 2.46. The largest absolute Gasteiger partial charge is 0.292 e. The van der Waals surface area contributed by atoms with Gasteiger partial charge in [0, 0.05) is 10.6 Å². The van der Waals surface area contributed by atoms with E-state index in [0.717, 1.165) is 0 Å². The molecule has 2 aromatic carbocycles. The summed E-state index contributed by atoms with van der Waals surface area (Å²) in [6.45, 7) is 0. The molecule has 0 aliphatic rings. The first kappa shape index (κ1) is 15.1. The third-order valence-corrected chi connectivity index (χ3v) is 3.22. The summed E-state index contributed by atoms with van der Waals surface area (Å²) in [5, 5.41) is 9.32. The van der Waals surface area contributed by atoms with E-state index in [2.05, 4.69) is 0 Å². The van der Waals surface area contributed by atoms with Crippen LogP contribution in [0.2, 0.25) is 5.02 Å². The normalized spacial score (nSPS) is 11.8. The van der Waals surface area contributed by atoms with Crippen molar-refractivity contribution in [2.75, 3.05) is 0 Å². The van der Waals surface area contributed by atoms with Gasteiger partial charge in [-0.05, 0) is 23.8 Å². The summed E-state index contributed by atoms with van der Waals surface area (Å²) >= 11 is 5.91. The van der Waals surface area contributed by atoms with Gasteiger partial charge in [-0.1, -0.05) is 29.8 Å². The molecule has 0 heterocycles. The van der Waals surface area contributed by atoms with Crippen LogP contribution in [0, 0.1) is 28.8 Å². The van der Waals surface area contributed by atoms with Crippen molar-refractivity contribution in [1.82, 2.24) is 0 Å². The number of benzene rings is 2. The Labute approximate surface area is 123 Å². The first-order chi connectivity index (χ1) is 9.95. The molecule has 1 atom stereocenters. The van der Waals surface area contributed by atoms with Crippen LogP contribution in [0.5, 0.6) is 0 Å². The third-order valence-electron chi connectivity index (χ3n) is 2.88. The van der Waals surface area contributed by atoms with Gasteiger partial charge in [-0.15, -0.1) is 0 Å². The van der Waals surface area contributed by atoms with E-state index < -0.39 is 34.7 Å². The number of halogens is 4. The van der Waals surface area contributed by atoms with E-state index in [1.165, 1.54) is 12.1 Å². The lowest BCUT2D eigenvalue weighted by Gasteiger charge is -2.10. The molecule has 0 amide bonds. The predicted molar refractivity (Wildman–Crippen MR) is 70.5 cm³/mol. The van der Waals surface area contributed by atoms with Crippen molar-refractivity contribution in [3.05, 3.63) is 70.0 Å². The standard InChI is InChI=1S/C15H7ClF3NO/c16-11-4-2-1-3-9(11)10(7-20)15(21)8-5-12(17)14(19)13(18)6-8/h1-6,10H. The number of ketones is 1. The van der Waals surface area contributed by atoms with Gasteiger partial charge < -0.3 is 0 Å². The molecule has 0 bridgehead atoms. The molecule has 6 heteroatoms. The smallest absolute Gasteiger partial charge is 0.194 e. The van der Waals surface area contributed by atoms with E-state index in [9.17, 15) is 18.0 Å². The lowest BCUT2D eigenvalue weighted by molar-refractivity contribution is 0.0977. The summed E-state index contributed by atoms with van der Waals surface area (Å²) in [6, 6.07) is 8.99. The molecule has 0 aliphatic carbocycles. The number of nitrogens with zero attached hydrogens (tertiary/aromatic N) is 1. The second kappa shape index (κ2) is 5.98. The Kier molecular flexibility index (Phi) is 4.29. The van der Waals surface area contributed by atoms with Crippen molar-refractivity contribution in [2.24, 2.45) is 0 Å². The summed E-state index contributed by atoms with van der Waals surface area (Å²) in [7, 11) is 0. The molecule has 21 heavy (non-hydrogen) atoms. The van der Waals surface area contributed by atoms with Gasteiger partial charge in [-0.25, -0.2) is 13.2 Å². The first-order valence-electron chi connectivity index (χ1n) is 5.78. The molecule has 0 aromatic heterocycles. The number of hydrogen-bond acceptors (Lipinski definition) is 2. The minimum atomic E-state index is -1.67. The highest BCUT2D eigenvalue weighted by molar-refractivity contribution is 6.31. The number of rotatable bonds is 3. The van der Waals surface area contributed by atoms with Crippen LogP contribution in [0.4, 0.5) is 13.2 Å². The molecule has 2 aromatic rings. The van der Waals surface area contributed by atoms with Gasteiger partial charge in [0.15, 0.2) is 23.2 Å². The van der Waals surface area contributed by atoms with E-state index in [-0.39, 0.29) is 10.6 Å². The maximum Gasteiger partial charge on any atom is 0.194 e. The fourth-order valence-corrected chi connectivity index (χ4v) is 2.09. The Morgan fingerprint density at radius 2 is 1.71 bits per heavy atom. The van der Waals surface area contributed by atoms with Crippen LogP contribution < -0.4 is 0 Å². The molecular weight excluding hydrogens is 303 g/mol. The molecule has 0 fully saturated rings. The number of carbonyl (C=O) groups is 1. The molecule has 0 N–H and O–H groups in total. The van der Waals surface area contributed by atoms with E-state index >= 15 is 0 Å². The van der Waals surface area contributed by atoms with Crippen molar-refractivity contribution in [2.45, 2.75) is 5.92 Å². The van der Waals surface area contributed by atoms with Crippen molar-refractivity contribution in [3.63, 3.8) is 0 Å². The molecular formula is C15H7ClF3NO. The van der Waals surface area contributed by atoms with Gasteiger partial charge in [0.25, 0.3) is 0 Å². The molecule has 0 aliphatic heterocycles. The number of carbonyl (C=O) groups excluding carboxylic acids is 1. The lowest BCUT2D eigenvalue weighted by Crippen LogP contribution is -2.13. The topological polar surface area (TPSA) is 40.9 Å². The van der Waals surface area contributed by atoms with Crippen LogP contribution >= 0.6 is 11.6 Å². The maximum atomic E-state index is 13.2. The minimum Gasteiger partial charge on any atom is -0.292 e. The van der Waals surface area contributed by atoms with Gasteiger partial charge in [0.2, 0.25) is 0 Å². The highest BCUT2D eigenvalue weighted by Crippen LogP contribution is 2.28.